The van der Waals surface area contributed by atoms with Crippen molar-refractivity contribution in [2.45, 2.75) is 25.7 Å². The Morgan fingerprint density at radius 1 is 0.600 bits per heavy atom. The minimum atomic E-state index is 0. The molecule has 0 aliphatic heterocycles. The van der Waals surface area contributed by atoms with Crippen LogP contribution in [-0.2, 0) is 18.6 Å². The number of hydrogen-bond acceptors (Lipinski definition) is 0. The molecule has 1 saturated carbocycles. The van der Waals surface area contributed by atoms with E-state index >= 15 is 0 Å². The van der Waals surface area contributed by atoms with Crippen LogP contribution in [0, 0.1) is 0 Å². The van der Waals surface area contributed by atoms with Gasteiger partial charge in [0.1, 0.15) is 0 Å². The second kappa shape index (κ2) is 2.80. The van der Waals surface area contributed by atoms with Gasteiger partial charge >= 0.3 is 0 Å². The molecule has 0 nitrogen and oxygen atoms in total. The molecule has 1 heteroatoms. The summed E-state index contributed by atoms with van der Waals surface area (Å²) in [6.07, 6.45) is 6.00. The molecule has 0 bridgehead atoms. The molecule has 0 amide bonds. The Hall–Kier alpha value is 0.584. The van der Waals surface area contributed by atoms with Gasteiger partial charge in [-0.3, -0.25) is 0 Å². The summed E-state index contributed by atoms with van der Waals surface area (Å²) in [5.74, 6) is 0. The molecular weight excluding hydrogens is 99.0 g/mol. The van der Waals surface area contributed by atoms with E-state index in [0.717, 1.165) is 0 Å². The van der Waals surface area contributed by atoms with Crippen LogP contribution in [0.15, 0.2) is 0 Å². The molecule has 1 fully saturated rings. The van der Waals surface area contributed by atoms with Crippen LogP contribution in [0.3, 0.4) is 0 Å². The summed E-state index contributed by atoms with van der Waals surface area (Å²) in [5, 5.41) is 0. The fourth-order valence-corrected chi connectivity index (χ4v) is 0.250. The van der Waals surface area contributed by atoms with Crippen LogP contribution in [0.4, 0.5) is 0 Å². The van der Waals surface area contributed by atoms with E-state index in [2.05, 4.69) is 0 Å². The van der Waals surface area contributed by atoms with E-state index < -0.39 is 0 Å². The monoisotopic (exact) mass is 107 g/mol. The van der Waals surface area contributed by atoms with E-state index in [4.69, 9.17) is 0 Å². The van der Waals surface area contributed by atoms with Crippen LogP contribution >= 0.6 is 0 Å². The fourth-order valence-electron chi connectivity index (χ4n) is 0.250. The van der Waals surface area contributed by atoms with Crippen molar-refractivity contribution in [3.8, 4) is 0 Å². The smallest absolute Gasteiger partial charge is 0 e. The first-order valence-electron chi connectivity index (χ1n) is 2.00. The summed E-state index contributed by atoms with van der Waals surface area (Å²) in [4.78, 5) is 0. The first-order chi connectivity index (χ1) is 2.00. The molecule has 1 radical (unpaired) electrons. The number of rotatable bonds is 0. The van der Waals surface area contributed by atoms with Crippen molar-refractivity contribution in [2.75, 3.05) is 0 Å². The molecule has 0 aromatic carbocycles. The Labute approximate surface area is 44.8 Å². The Kier molecular flexibility index (Phi) is 3.13. The Bertz CT molecular complexity index is 11.6. The van der Waals surface area contributed by atoms with Crippen molar-refractivity contribution in [1.82, 2.24) is 0 Å². The van der Waals surface area contributed by atoms with Crippen molar-refractivity contribution in [1.29, 1.82) is 0 Å². The summed E-state index contributed by atoms with van der Waals surface area (Å²) in [6, 6.07) is 0. The van der Waals surface area contributed by atoms with Crippen LogP contribution in [0.2, 0.25) is 0 Å². The van der Waals surface area contributed by atoms with E-state index in [1.54, 1.807) is 0 Å². The quantitative estimate of drug-likeness (QED) is 0.440. The van der Waals surface area contributed by atoms with Gasteiger partial charge in [0.15, 0.2) is 0 Å². The van der Waals surface area contributed by atoms with Crippen LogP contribution < -0.4 is 0 Å². The molecule has 0 heterocycles. The molecule has 1 aliphatic carbocycles. The molecule has 1 aliphatic rings. The predicted molar refractivity (Wildman–Crippen MR) is 18.5 cm³/mol. The van der Waals surface area contributed by atoms with Gasteiger partial charge in [0.2, 0.25) is 0 Å². The Morgan fingerprint density at radius 3 is 0.800 bits per heavy atom. The van der Waals surface area contributed by atoms with Gasteiger partial charge in [-0.25, -0.2) is 0 Å². The van der Waals surface area contributed by atoms with Crippen molar-refractivity contribution < 1.29 is 18.6 Å². The van der Waals surface area contributed by atoms with Crippen molar-refractivity contribution >= 4 is 0 Å². The Balaban J connectivity index is 0.000000160. The average Bonchev–Trinajstić information content (AvgIpc) is 0.722. The third-order valence-corrected chi connectivity index (χ3v) is 1.000. The predicted octanol–water partition coefficient (Wildman–Crippen LogP) is 1.56. The first kappa shape index (κ1) is 5.58. The van der Waals surface area contributed by atoms with Crippen molar-refractivity contribution in [2.24, 2.45) is 0 Å². The molecule has 0 N–H and O–H groups in total. The maximum Gasteiger partial charge on any atom is 0 e. The zero-order valence-corrected chi connectivity index (χ0v) is 4.67. The van der Waals surface area contributed by atoms with Crippen LogP contribution in [0.1, 0.15) is 25.7 Å². The summed E-state index contributed by atoms with van der Waals surface area (Å²) >= 11 is 0. The zero-order chi connectivity index (χ0) is 2.83. The van der Waals surface area contributed by atoms with Gasteiger partial charge in [-0.15, -0.1) is 0 Å². The molecule has 0 atom stereocenters. The van der Waals surface area contributed by atoms with Gasteiger partial charge in [-0.05, 0) is 0 Å². The molecule has 29 valence electrons. The third kappa shape index (κ3) is 1.46. The molecule has 5 heavy (non-hydrogen) atoms. The summed E-state index contributed by atoms with van der Waals surface area (Å²) in [7, 11) is 0. The molecule has 1 rings (SSSR count). The molecule has 0 aromatic rings. The standard InChI is InChI=1S/C4H8.V/c1-2-4-3-1;/h1-4H2;. The molecule has 0 unspecified atom stereocenters. The van der Waals surface area contributed by atoms with Gasteiger partial charge in [-0.1, -0.05) is 25.7 Å². The molecule has 0 spiro atoms. The van der Waals surface area contributed by atoms with Crippen LogP contribution in [0.25, 0.3) is 0 Å². The van der Waals surface area contributed by atoms with E-state index in [1.165, 1.54) is 25.7 Å². The largest absolute Gasteiger partial charge is 0.0533 e. The summed E-state index contributed by atoms with van der Waals surface area (Å²) < 4.78 is 0. The fraction of sp³-hybridized carbons (Fsp3) is 1.00. The van der Waals surface area contributed by atoms with Gasteiger partial charge < -0.3 is 0 Å². The van der Waals surface area contributed by atoms with Crippen molar-refractivity contribution in [3.63, 3.8) is 0 Å². The van der Waals surface area contributed by atoms with Gasteiger partial charge in [0.05, 0.1) is 0 Å². The van der Waals surface area contributed by atoms with Crippen LogP contribution in [0.5, 0.6) is 0 Å². The maximum absolute atomic E-state index is 1.50. The zero-order valence-electron chi connectivity index (χ0n) is 3.28. The minimum Gasteiger partial charge on any atom is -0.0533 e. The van der Waals surface area contributed by atoms with E-state index in [9.17, 15) is 0 Å². The summed E-state index contributed by atoms with van der Waals surface area (Å²) in [5.41, 5.74) is 0. The van der Waals surface area contributed by atoms with Crippen LogP contribution in [-0.4, -0.2) is 0 Å². The van der Waals surface area contributed by atoms with Gasteiger partial charge in [0, 0.05) is 18.6 Å². The first-order valence-corrected chi connectivity index (χ1v) is 2.00. The molecule has 0 saturated heterocycles. The SMILES string of the molecule is C1CCC1.[V]. The summed E-state index contributed by atoms with van der Waals surface area (Å²) in [6.45, 7) is 0. The topological polar surface area (TPSA) is 0 Å². The molecular formula is C4H8V. The van der Waals surface area contributed by atoms with Gasteiger partial charge in [-0.2, -0.15) is 0 Å². The van der Waals surface area contributed by atoms with E-state index in [1.807, 2.05) is 0 Å². The van der Waals surface area contributed by atoms with E-state index in [0.29, 0.717) is 0 Å². The van der Waals surface area contributed by atoms with Gasteiger partial charge in [0.25, 0.3) is 0 Å². The van der Waals surface area contributed by atoms with Crippen molar-refractivity contribution in [3.05, 3.63) is 0 Å². The second-order valence-electron chi connectivity index (χ2n) is 1.41. The third-order valence-electron chi connectivity index (χ3n) is 1.000. The maximum atomic E-state index is 1.50. The van der Waals surface area contributed by atoms with E-state index in [-0.39, 0.29) is 18.6 Å². The minimum absolute atomic E-state index is 0. The molecule has 0 aromatic heterocycles. The Morgan fingerprint density at radius 2 is 0.800 bits per heavy atom. The second-order valence-corrected chi connectivity index (χ2v) is 1.41. The average molecular weight is 107 g/mol. The normalized spacial score (nSPS) is 19.2. The number of hydrogen-bond donors (Lipinski definition) is 0.